The van der Waals surface area contributed by atoms with Crippen LogP contribution >= 0.6 is 95.6 Å². The van der Waals surface area contributed by atoms with Gasteiger partial charge in [0.25, 0.3) is 0 Å². The number of halogens is 6. The van der Waals surface area contributed by atoms with Gasteiger partial charge in [-0.3, -0.25) is 0 Å². The predicted octanol–water partition coefficient (Wildman–Crippen LogP) is 6.92. The van der Waals surface area contributed by atoms with E-state index in [1.54, 1.807) is 0 Å². The molecule has 0 amide bonds. The molecule has 0 saturated heterocycles. The molecular formula is C12H18Br6. The smallest absolute Gasteiger partial charge is 0.0271 e. The third-order valence-corrected chi connectivity index (χ3v) is 12.0. The van der Waals surface area contributed by atoms with E-state index in [1.807, 2.05) is 0 Å². The Morgan fingerprint density at radius 2 is 0.444 bits per heavy atom. The Bertz CT molecular complexity index is 175. The molecule has 6 heteroatoms. The maximum Gasteiger partial charge on any atom is 0.0271 e. The number of rotatable bonds is 0. The van der Waals surface area contributed by atoms with Crippen molar-refractivity contribution < 1.29 is 0 Å². The van der Waals surface area contributed by atoms with Crippen LogP contribution in [0, 0.1) is 0 Å². The SMILES string of the molecule is Br[C@@H]1CC[C@H](Br)[C@@H](Br)CC[C@H](Br)[C@@H](Br)CC[C@H]1Br. The third kappa shape index (κ3) is 6.76. The molecule has 0 aliphatic heterocycles. The lowest BCUT2D eigenvalue weighted by molar-refractivity contribution is 0.557. The summed E-state index contributed by atoms with van der Waals surface area (Å²) in [5.41, 5.74) is 0. The van der Waals surface area contributed by atoms with E-state index in [0.717, 1.165) is 0 Å². The molecule has 6 atom stereocenters. The first-order valence-corrected chi connectivity index (χ1v) is 11.8. The van der Waals surface area contributed by atoms with Crippen LogP contribution < -0.4 is 0 Å². The first-order chi connectivity index (χ1) is 8.41. The molecule has 0 nitrogen and oxygen atoms in total. The molecular weight excluding hydrogens is 624 g/mol. The Morgan fingerprint density at radius 3 is 0.556 bits per heavy atom. The Hall–Kier alpha value is 2.88. The van der Waals surface area contributed by atoms with Crippen LogP contribution in [0.4, 0.5) is 0 Å². The summed E-state index contributed by atoms with van der Waals surface area (Å²) in [6.07, 6.45) is 7.24. The van der Waals surface area contributed by atoms with Crippen LogP contribution in [0.2, 0.25) is 0 Å². The van der Waals surface area contributed by atoms with Gasteiger partial charge in [0.2, 0.25) is 0 Å². The van der Waals surface area contributed by atoms with Crippen LogP contribution in [-0.2, 0) is 0 Å². The molecule has 1 rings (SSSR count). The number of alkyl halides is 6. The fraction of sp³-hybridized carbons (Fsp3) is 1.00. The summed E-state index contributed by atoms with van der Waals surface area (Å²) in [5.74, 6) is 0. The van der Waals surface area contributed by atoms with Gasteiger partial charge in [-0.2, -0.15) is 0 Å². The van der Waals surface area contributed by atoms with E-state index in [1.165, 1.54) is 38.5 Å². The molecule has 0 radical (unpaired) electrons. The van der Waals surface area contributed by atoms with Gasteiger partial charge < -0.3 is 0 Å². The van der Waals surface area contributed by atoms with Gasteiger partial charge in [-0.15, -0.1) is 0 Å². The Morgan fingerprint density at radius 1 is 0.333 bits per heavy atom. The molecule has 1 aliphatic rings. The third-order valence-electron chi connectivity index (χ3n) is 3.33. The Balaban J connectivity index is 2.61. The predicted molar refractivity (Wildman–Crippen MR) is 104 cm³/mol. The van der Waals surface area contributed by atoms with Gasteiger partial charge in [-0.05, 0) is 38.5 Å². The number of hydrogen-bond donors (Lipinski definition) is 0. The zero-order chi connectivity index (χ0) is 13.7. The molecule has 0 N–H and O–H groups in total. The van der Waals surface area contributed by atoms with Crippen LogP contribution in [0.25, 0.3) is 0 Å². The van der Waals surface area contributed by atoms with Gasteiger partial charge in [0, 0.05) is 29.0 Å². The lowest BCUT2D eigenvalue weighted by Crippen LogP contribution is -2.25. The highest BCUT2D eigenvalue weighted by Gasteiger charge is 2.25. The fourth-order valence-corrected chi connectivity index (χ4v) is 5.21. The minimum Gasteiger partial charge on any atom is -0.0879 e. The van der Waals surface area contributed by atoms with Gasteiger partial charge in [0.05, 0.1) is 0 Å². The molecule has 0 aromatic rings. The molecule has 1 aliphatic carbocycles. The second-order valence-corrected chi connectivity index (χ2v) is 11.9. The van der Waals surface area contributed by atoms with Gasteiger partial charge >= 0.3 is 0 Å². The van der Waals surface area contributed by atoms with Gasteiger partial charge in [-0.25, -0.2) is 0 Å². The average molecular weight is 642 g/mol. The quantitative estimate of drug-likeness (QED) is 0.252. The van der Waals surface area contributed by atoms with Crippen LogP contribution in [0.1, 0.15) is 38.5 Å². The monoisotopic (exact) mass is 636 g/mol. The lowest BCUT2D eigenvalue weighted by atomic mass is 10.0. The minimum absolute atomic E-state index is 0.560. The molecule has 0 bridgehead atoms. The Labute approximate surface area is 161 Å². The van der Waals surface area contributed by atoms with E-state index in [0.29, 0.717) is 29.0 Å². The van der Waals surface area contributed by atoms with Crippen molar-refractivity contribution in [2.45, 2.75) is 67.5 Å². The second kappa shape index (κ2) is 9.81. The largest absolute Gasteiger partial charge is 0.0879 e. The molecule has 0 aromatic carbocycles. The minimum atomic E-state index is 0.560. The van der Waals surface area contributed by atoms with Crippen molar-refractivity contribution in [3.8, 4) is 0 Å². The molecule has 0 heterocycles. The highest BCUT2D eigenvalue weighted by atomic mass is 79.9. The van der Waals surface area contributed by atoms with Gasteiger partial charge in [0.1, 0.15) is 0 Å². The summed E-state index contributed by atoms with van der Waals surface area (Å²) in [7, 11) is 0. The fourth-order valence-electron chi connectivity index (χ4n) is 2.04. The zero-order valence-electron chi connectivity index (χ0n) is 9.97. The maximum atomic E-state index is 3.82. The van der Waals surface area contributed by atoms with Crippen LogP contribution in [0.15, 0.2) is 0 Å². The van der Waals surface area contributed by atoms with Crippen molar-refractivity contribution in [3.05, 3.63) is 0 Å². The van der Waals surface area contributed by atoms with Crippen molar-refractivity contribution in [2.24, 2.45) is 0 Å². The van der Waals surface area contributed by atoms with Crippen molar-refractivity contribution >= 4 is 95.6 Å². The van der Waals surface area contributed by atoms with Crippen molar-refractivity contribution in [1.82, 2.24) is 0 Å². The van der Waals surface area contributed by atoms with E-state index in [-0.39, 0.29) is 0 Å². The molecule has 18 heavy (non-hydrogen) atoms. The van der Waals surface area contributed by atoms with Gasteiger partial charge in [-0.1, -0.05) is 95.6 Å². The van der Waals surface area contributed by atoms with E-state index in [2.05, 4.69) is 95.6 Å². The maximum absolute atomic E-state index is 3.82. The summed E-state index contributed by atoms with van der Waals surface area (Å²) < 4.78 is 0. The highest BCUT2D eigenvalue weighted by molar-refractivity contribution is 9.13. The summed E-state index contributed by atoms with van der Waals surface area (Å²) >= 11 is 22.9. The number of hydrogen-bond acceptors (Lipinski definition) is 0. The van der Waals surface area contributed by atoms with Crippen molar-refractivity contribution in [1.29, 1.82) is 0 Å². The van der Waals surface area contributed by atoms with Crippen LogP contribution in [-0.4, -0.2) is 29.0 Å². The van der Waals surface area contributed by atoms with E-state index < -0.39 is 0 Å². The molecule has 0 unspecified atom stereocenters. The van der Waals surface area contributed by atoms with E-state index in [9.17, 15) is 0 Å². The summed E-state index contributed by atoms with van der Waals surface area (Å²) in [6, 6.07) is 0. The second-order valence-electron chi connectivity index (χ2n) is 4.83. The van der Waals surface area contributed by atoms with Crippen LogP contribution in [0.3, 0.4) is 0 Å². The average Bonchev–Trinajstić information content (AvgIpc) is 2.36. The summed E-state index contributed by atoms with van der Waals surface area (Å²) in [6.45, 7) is 0. The Kier molecular flexibility index (Phi) is 10.3. The topological polar surface area (TPSA) is 0 Å². The molecule has 108 valence electrons. The van der Waals surface area contributed by atoms with Crippen molar-refractivity contribution in [3.63, 3.8) is 0 Å². The van der Waals surface area contributed by atoms with E-state index in [4.69, 9.17) is 0 Å². The van der Waals surface area contributed by atoms with E-state index >= 15 is 0 Å². The standard InChI is InChI=1S/C12H18Br6/c13-7-1-2-8(14)10(16)5-6-12(18)11(17)4-3-9(7)15/h7-12H,1-6H2/t7-,8-,9-,10-,11+,12+/m0/s1. The molecule has 0 spiro atoms. The van der Waals surface area contributed by atoms with Crippen LogP contribution in [0.5, 0.6) is 0 Å². The summed E-state index contributed by atoms with van der Waals surface area (Å²) in [4.78, 5) is 3.36. The van der Waals surface area contributed by atoms with Gasteiger partial charge in [0.15, 0.2) is 0 Å². The van der Waals surface area contributed by atoms with Crippen molar-refractivity contribution in [2.75, 3.05) is 0 Å². The zero-order valence-corrected chi connectivity index (χ0v) is 19.5. The first kappa shape index (κ1) is 18.9. The lowest BCUT2D eigenvalue weighted by Gasteiger charge is -2.25. The first-order valence-electron chi connectivity index (χ1n) is 6.26. The molecule has 0 aromatic heterocycles. The molecule has 1 saturated carbocycles. The molecule has 1 fully saturated rings. The highest BCUT2D eigenvalue weighted by Crippen LogP contribution is 2.34. The summed E-state index contributed by atoms with van der Waals surface area (Å²) in [5, 5.41) is 0. The normalized spacial score (nSPS) is 45.0.